The zero-order valence-corrected chi connectivity index (χ0v) is 11.6. The van der Waals surface area contributed by atoms with Crippen molar-refractivity contribution in [3.63, 3.8) is 0 Å². The van der Waals surface area contributed by atoms with E-state index in [-0.39, 0.29) is 12.0 Å². The van der Waals surface area contributed by atoms with Gasteiger partial charge >= 0.3 is 0 Å². The Bertz CT molecular complexity index is 280. The van der Waals surface area contributed by atoms with E-state index in [1.165, 1.54) is 25.7 Å². The second kappa shape index (κ2) is 6.02. The fourth-order valence-corrected chi connectivity index (χ4v) is 3.38. The molecule has 4 heteroatoms. The molecule has 2 saturated heterocycles. The van der Waals surface area contributed by atoms with Crippen molar-refractivity contribution in [2.24, 2.45) is 5.92 Å². The third kappa shape index (κ3) is 3.45. The minimum atomic E-state index is -0.380. The van der Waals surface area contributed by atoms with E-state index in [2.05, 4.69) is 17.3 Å². The van der Waals surface area contributed by atoms with Crippen molar-refractivity contribution in [3.8, 4) is 0 Å². The van der Waals surface area contributed by atoms with Gasteiger partial charge in [-0.15, -0.1) is 0 Å². The molecule has 0 aromatic carbocycles. The maximum atomic E-state index is 11.6. The molecule has 18 heavy (non-hydrogen) atoms. The van der Waals surface area contributed by atoms with Crippen molar-refractivity contribution in [1.29, 1.82) is 0 Å². The van der Waals surface area contributed by atoms with Crippen molar-refractivity contribution < 1.29 is 9.90 Å². The molecule has 2 heterocycles. The molecule has 0 aromatic rings. The van der Waals surface area contributed by atoms with Crippen molar-refractivity contribution >= 4 is 5.91 Å². The van der Waals surface area contributed by atoms with Gasteiger partial charge in [0.25, 0.3) is 0 Å². The van der Waals surface area contributed by atoms with Gasteiger partial charge in [0.1, 0.15) is 0 Å². The number of fused-ring (bicyclic) bond motifs is 2. The van der Waals surface area contributed by atoms with E-state index in [0.717, 1.165) is 18.6 Å². The van der Waals surface area contributed by atoms with Crippen LogP contribution in [0, 0.1) is 5.92 Å². The molecule has 3 unspecified atom stereocenters. The molecule has 0 radical (unpaired) electrons. The summed E-state index contributed by atoms with van der Waals surface area (Å²) in [6.07, 6.45) is 5.73. The molecule has 0 saturated carbocycles. The third-order valence-corrected chi connectivity index (χ3v) is 4.57. The van der Waals surface area contributed by atoms with Gasteiger partial charge in [0.15, 0.2) is 0 Å². The van der Waals surface area contributed by atoms with E-state index in [1.54, 1.807) is 6.92 Å². The average Bonchev–Trinajstić information content (AvgIpc) is 2.55. The standard InChI is InChI=1S/C14H26N2O2/c1-10(17)3-6-14(18)15-9-11-7-12-4-5-13(8-11)16(12)2/h10-13,17H,3-9H2,1-2H3,(H,15,18). The summed E-state index contributed by atoms with van der Waals surface area (Å²) < 4.78 is 0. The highest BCUT2D eigenvalue weighted by Crippen LogP contribution is 2.36. The maximum absolute atomic E-state index is 11.6. The Kier molecular flexibility index (Phi) is 4.62. The third-order valence-electron chi connectivity index (χ3n) is 4.57. The zero-order valence-electron chi connectivity index (χ0n) is 11.6. The van der Waals surface area contributed by atoms with Crippen LogP contribution in [0.15, 0.2) is 0 Å². The lowest BCUT2D eigenvalue weighted by Crippen LogP contribution is -2.43. The zero-order chi connectivity index (χ0) is 13.1. The minimum absolute atomic E-state index is 0.0853. The summed E-state index contributed by atoms with van der Waals surface area (Å²) in [6, 6.07) is 1.48. The number of hydrogen-bond acceptors (Lipinski definition) is 3. The number of carbonyl (C=O) groups is 1. The molecule has 3 atom stereocenters. The molecule has 2 aliphatic rings. The molecule has 0 aromatic heterocycles. The number of hydrogen-bond donors (Lipinski definition) is 2. The number of amides is 1. The number of rotatable bonds is 5. The monoisotopic (exact) mass is 254 g/mol. The Morgan fingerprint density at radius 3 is 2.56 bits per heavy atom. The Morgan fingerprint density at radius 1 is 1.39 bits per heavy atom. The topological polar surface area (TPSA) is 52.6 Å². The quantitative estimate of drug-likeness (QED) is 0.773. The first-order valence-electron chi connectivity index (χ1n) is 7.23. The normalized spacial score (nSPS) is 33.4. The van der Waals surface area contributed by atoms with E-state index in [0.29, 0.717) is 18.8 Å². The molecule has 2 bridgehead atoms. The second-order valence-corrected chi connectivity index (χ2v) is 6.08. The van der Waals surface area contributed by atoms with E-state index >= 15 is 0 Å². The predicted molar refractivity (Wildman–Crippen MR) is 71.2 cm³/mol. The summed E-state index contributed by atoms with van der Waals surface area (Å²) in [6.45, 7) is 2.54. The lowest BCUT2D eigenvalue weighted by molar-refractivity contribution is -0.121. The molecular weight excluding hydrogens is 228 g/mol. The fourth-order valence-electron chi connectivity index (χ4n) is 3.38. The number of carbonyl (C=O) groups excluding carboxylic acids is 1. The summed E-state index contributed by atoms with van der Waals surface area (Å²) in [5.74, 6) is 0.733. The molecule has 104 valence electrons. The largest absolute Gasteiger partial charge is 0.393 e. The highest BCUT2D eigenvalue weighted by molar-refractivity contribution is 5.75. The Morgan fingerprint density at radius 2 is 2.00 bits per heavy atom. The number of aliphatic hydroxyl groups is 1. The van der Waals surface area contributed by atoms with E-state index in [1.807, 2.05) is 0 Å². The Labute approximate surface area is 110 Å². The van der Waals surface area contributed by atoms with Crippen LogP contribution >= 0.6 is 0 Å². The van der Waals surface area contributed by atoms with Crippen LogP contribution in [0.25, 0.3) is 0 Å². The van der Waals surface area contributed by atoms with Crippen LogP contribution in [-0.2, 0) is 4.79 Å². The van der Waals surface area contributed by atoms with Crippen LogP contribution in [0.3, 0.4) is 0 Å². The van der Waals surface area contributed by atoms with Gasteiger partial charge in [-0.05, 0) is 52.0 Å². The van der Waals surface area contributed by atoms with Crippen molar-refractivity contribution in [3.05, 3.63) is 0 Å². The lowest BCUT2D eigenvalue weighted by atomic mass is 9.91. The van der Waals surface area contributed by atoms with Crippen molar-refractivity contribution in [2.45, 2.75) is 63.6 Å². The summed E-state index contributed by atoms with van der Waals surface area (Å²) in [7, 11) is 2.24. The molecule has 0 spiro atoms. The molecule has 2 fully saturated rings. The van der Waals surface area contributed by atoms with E-state index < -0.39 is 0 Å². The van der Waals surface area contributed by atoms with Gasteiger partial charge in [-0.2, -0.15) is 0 Å². The lowest BCUT2D eigenvalue weighted by Gasteiger charge is -2.36. The van der Waals surface area contributed by atoms with Gasteiger partial charge in [-0.25, -0.2) is 0 Å². The SMILES string of the molecule is CC(O)CCC(=O)NCC1CC2CCC(C1)N2C. The fraction of sp³-hybridized carbons (Fsp3) is 0.929. The molecular formula is C14H26N2O2. The van der Waals surface area contributed by atoms with Crippen LogP contribution in [0.4, 0.5) is 0 Å². The molecule has 2 N–H and O–H groups in total. The van der Waals surface area contributed by atoms with Gasteiger partial charge < -0.3 is 15.3 Å². The highest BCUT2D eigenvalue weighted by atomic mass is 16.3. The second-order valence-electron chi connectivity index (χ2n) is 6.08. The Balaban J connectivity index is 1.67. The summed E-state index contributed by atoms with van der Waals surface area (Å²) in [5.41, 5.74) is 0. The Hall–Kier alpha value is -0.610. The smallest absolute Gasteiger partial charge is 0.220 e. The highest BCUT2D eigenvalue weighted by Gasteiger charge is 2.38. The van der Waals surface area contributed by atoms with Crippen LogP contribution < -0.4 is 5.32 Å². The van der Waals surface area contributed by atoms with E-state index in [4.69, 9.17) is 5.11 Å². The molecule has 0 aliphatic carbocycles. The van der Waals surface area contributed by atoms with Gasteiger partial charge in [-0.1, -0.05) is 0 Å². The summed E-state index contributed by atoms with van der Waals surface area (Å²) >= 11 is 0. The van der Waals surface area contributed by atoms with Crippen LogP contribution in [-0.4, -0.2) is 47.7 Å². The molecule has 1 amide bonds. The molecule has 2 aliphatic heterocycles. The van der Waals surface area contributed by atoms with Crippen molar-refractivity contribution in [1.82, 2.24) is 10.2 Å². The first-order chi connectivity index (χ1) is 8.56. The summed E-state index contributed by atoms with van der Waals surface area (Å²) in [4.78, 5) is 14.1. The first-order valence-corrected chi connectivity index (χ1v) is 7.23. The van der Waals surface area contributed by atoms with Crippen LogP contribution in [0.2, 0.25) is 0 Å². The molecule has 4 nitrogen and oxygen atoms in total. The van der Waals surface area contributed by atoms with Gasteiger partial charge in [0.2, 0.25) is 5.91 Å². The number of nitrogens with zero attached hydrogens (tertiary/aromatic N) is 1. The minimum Gasteiger partial charge on any atom is -0.393 e. The number of aliphatic hydroxyl groups excluding tert-OH is 1. The van der Waals surface area contributed by atoms with Gasteiger partial charge in [0.05, 0.1) is 6.10 Å². The predicted octanol–water partition coefficient (Wildman–Crippen LogP) is 1.14. The van der Waals surface area contributed by atoms with E-state index in [9.17, 15) is 4.79 Å². The van der Waals surface area contributed by atoms with Crippen LogP contribution in [0.1, 0.15) is 45.4 Å². The van der Waals surface area contributed by atoms with Gasteiger partial charge in [0, 0.05) is 25.0 Å². The molecule has 2 rings (SSSR count). The van der Waals surface area contributed by atoms with Gasteiger partial charge in [-0.3, -0.25) is 4.79 Å². The van der Waals surface area contributed by atoms with Crippen LogP contribution in [0.5, 0.6) is 0 Å². The first kappa shape index (κ1) is 13.8. The average molecular weight is 254 g/mol. The maximum Gasteiger partial charge on any atom is 0.220 e. The van der Waals surface area contributed by atoms with Crippen molar-refractivity contribution in [2.75, 3.05) is 13.6 Å². The number of piperidine rings is 1. The summed E-state index contributed by atoms with van der Waals surface area (Å²) in [5, 5.41) is 12.2. The number of nitrogens with one attached hydrogen (secondary N) is 1.